The van der Waals surface area contributed by atoms with Gasteiger partial charge in [0.05, 0.1) is 12.0 Å². The molecule has 0 unspecified atom stereocenters. The summed E-state index contributed by atoms with van der Waals surface area (Å²) in [6, 6.07) is 5.61. The Kier molecular flexibility index (Phi) is 5.44. The summed E-state index contributed by atoms with van der Waals surface area (Å²) in [6.45, 7) is 3.88. The Labute approximate surface area is 118 Å². The van der Waals surface area contributed by atoms with E-state index in [-0.39, 0.29) is 16.6 Å². The van der Waals surface area contributed by atoms with Crippen LogP contribution in [-0.4, -0.2) is 33.0 Å². The van der Waals surface area contributed by atoms with Crippen LogP contribution < -0.4 is 0 Å². The Bertz CT molecular complexity index is 584. The van der Waals surface area contributed by atoms with Gasteiger partial charge in [0.1, 0.15) is 0 Å². The van der Waals surface area contributed by atoms with E-state index in [1.165, 1.54) is 24.3 Å². The Balaban J connectivity index is 2.91. The topological polar surface area (TPSA) is 77.5 Å². The number of ether oxygens (including phenoxy) is 1. The molecule has 0 amide bonds. The van der Waals surface area contributed by atoms with Gasteiger partial charge in [0, 0.05) is 12.0 Å². The average molecular weight is 298 g/mol. The first-order valence-electron chi connectivity index (χ1n) is 6.19. The van der Waals surface area contributed by atoms with Crippen LogP contribution in [0.3, 0.4) is 0 Å². The monoisotopic (exact) mass is 298 g/mol. The van der Waals surface area contributed by atoms with Gasteiger partial charge >= 0.3 is 5.97 Å². The summed E-state index contributed by atoms with van der Waals surface area (Å²) in [4.78, 5) is 22.9. The van der Waals surface area contributed by atoms with E-state index in [1.54, 1.807) is 0 Å². The zero-order chi connectivity index (χ0) is 15.3. The van der Waals surface area contributed by atoms with Crippen molar-refractivity contribution in [3.8, 4) is 0 Å². The molecule has 0 fully saturated rings. The summed E-state index contributed by atoms with van der Waals surface area (Å²) >= 11 is 0. The van der Waals surface area contributed by atoms with E-state index >= 15 is 0 Å². The van der Waals surface area contributed by atoms with Crippen LogP contribution in [-0.2, 0) is 19.4 Å². The molecule has 0 aliphatic heterocycles. The molecule has 5 nitrogen and oxygen atoms in total. The van der Waals surface area contributed by atoms with E-state index in [9.17, 15) is 18.0 Å². The van der Waals surface area contributed by atoms with Crippen LogP contribution in [0.1, 0.15) is 30.6 Å². The minimum absolute atomic E-state index is 0.00370. The number of Topliss-reactive ketones (excluding diaryl/α,β-unsaturated/α-hetero) is 1. The minimum Gasteiger partial charge on any atom is -0.468 e. The van der Waals surface area contributed by atoms with Crippen molar-refractivity contribution in [2.24, 2.45) is 5.92 Å². The van der Waals surface area contributed by atoms with Gasteiger partial charge in [-0.15, -0.1) is 0 Å². The van der Waals surface area contributed by atoms with Crippen molar-refractivity contribution in [1.82, 2.24) is 0 Å². The quantitative estimate of drug-likeness (QED) is 0.592. The molecule has 110 valence electrons. The Morgan fingerprint density at radius 2 is 1.70 bits per heavy atom. The van der Waals surface area contributed by atoms with Crippen molar-refractivity contribution in [3.63, 3.8) is 0 Å². The molecule has 1 aromatic rings. The SMILES string of the molecule is COC(=O)CS(=O)(=O)c1ccc(C(=O)CC(C)C)cc1. The fraction of sp³-hybridized carbons (Fsp3) is 0.429. The molecule has 1 aromatic carbocycles. The first-order chi connectivity index (χ1) is 9.26. The summed E-state index contributed by atoms with van der Waals surface area (Å²) in [5.74, 6) is -1.31. The van der Waals surface area contributed by atoms with Crippen LogP contribution >= 0.6 is 0 Å². The third kappa shape index (κ3) is 4.45. The van der Waals surface area contributed by atoms with Crippen molar-refractivity contribution in [2.45, 2.75) is 25.2 Å². The fourth-order valence-corrected chi connectivity index (χ4v) is 2.78. The van der Waals surface area contributed by atoms with Crippen LogP contribution in [0.15, 0.2) is 29.2 Å². The zero-order valence-electron chi connectivity index (χ0n) is 11.8. The van der Waals surface area contributed by atoms with Gasteiger partial charge in [0.2, 0.25) is 0 Å². The lowest BCUT2D eigenvalue weighted by atomic mass is 10.0. The molecular formula is C14H18O5S. The molecule has 0 atom stereocenters. The first-order valence-corrected chi connectivity index (χ1v) is 7.84. The van der Waals surface area contributed by atoms with Crippen molar-refractivity contribution in [2.75, 3.05) is 12.9 Å². The number of benzene rings is 1. The first kappa shape index (κ1) is 16.4. The number of hydrogen-bond acceptors (Lipinski definition) is 5. The Morgan fingerprint density at radius 3 is 2.15 bits per heavy atom. The Morgan fingerprint density at radius 1 is 1.15 bits per heavy atom. The van der Waals surface area contributed by atoms with Crippen LogP contribution in [0.4, 0.5) is 0 Å². The van der Waals surface area contributed by atoms with Crippen LogP contribution in [0.2, 0.25) is 0 Å². The van der Waals surface area contributed by atoms with E-state index in [0.29, 0.717) is 12.0 Å². The van der Waals surface area contributed by atoms with Gasteiger partial charge in [0.15, 0.2) is 21.4 Å². The summed E-state index contributed by atoms with van der Waals surface area (Å²) < 4.78 is 28.1. The largest absolute Gasteiger partial charge is 0.468 e. The van der Waals surface area contributed by atoms with Crippen molar-refractivity contribution >= 4 is 21.6 Å². The summed E-state index contributed by atoms with van der Waals surface area (Å²) in [5.41, 5.74) is 0.468. The number of methoxy groups -OCH3 is 1. The second-order valence-electron chi connectivity index (χ2n) is 4.88. The highest BCUT2D eigenvalue weighted by Gasteiger charge is 2.20. The smallest absolute Gasteiger partial charge is 0.321 e. The predicted octanol–water partition coefficient (Wildman–Crippen LogP) is 1.86. The lowest BCUT2D eigenvalue weighted by Crippen LogP contribution is -2.17. The number of carbonyl (C=O) groups excluding carboxylic acids is 2. The molecule has 0 bridgehead atoms. The predicted molar refractivity (Wildman–Crippen MR) is 74.3 cm³/mol. The highest BCUT2D eigenvalue weighted by atomic mass is 32.2. The summed E-state index contributed by atoms with van der Waals surface area (Å²) in [6.07, 6.45) is 0.411. The van der Waals surface area contributed by atoms with E-state index < -0.39 is 21.6 Å². The molecule has 0 N–H and O–H groups in total. The summed E-state index contributed by atoms with van der Waals surface area (Å²) in [5, 5.41) is 0. The van der Waals surface area contributed by atoms with E-state index in [1.807, 2.05) is 13.8 Å². The third-order valence-corrected chi connectivity index (χ3v) is 4.27. The lowest BCUT2D eigenvalue weighted by Gasteiger charge is -2.06. The molecule has 0 aliphatic rings. The maximum Gasteiger partial charge on any atom is 0.321 e. The number of esters is 1. The number of sulfone groups is 1. The lowest BCUT2D eigenvalue weighted by molar-refractivity contribution is -0.137. The molecule has 1 rings (SSSR count). The summed E-state index contributed by atoms with van der Waals surface area (Å²) in [7, 11) is -2.59. The van der Waals surface area contributed by atoms with Crippen LogP contribution in [0.25, 0.3) is 0 Å². The standard InChI is InChI=1S/C14H18O5S/c1-10(2)8-13(15)11-4-6-12(7-5-11)20(17,18)9-14(16)19-3/h4-7,10H,8-9H2,1-3H3. The van der Waals surface area contributed by atoms with E-state index in [2.05, 4.69) is 4.74 Å². The second-order valence-corrected chi connectivity index (χ2v) is 6.87. The average Bonchev–Trinajstić information content (AvgIpc) is 2.37. The number of rotatable bonds is 6. The van der Waals surface area contributed by atoms with Gasteiger partial charge < -0.3 is 4.74 Å². The van der Waals surface area contributed by atoms with Gasteiger partial charge in [-0.1, -0.05) is 26.0 Å². The highest BCUT2D eigenvalue weighted by molar-refractivity contribution is 7.92. The molecular weight excluding hydrogens is 280 g/mol. The number of carbonyl (C=O) groups is 2. The third-order valence-electron chi connectivity index (χ3n) is 2.66. The second kappa shape index (κ2) is 6.65. The highest BCUT2D eigenvalue weighted by Crippen LogP contribution is 2.15. The minimum atomic E-state index is -3.72. The number of ketones is 1. The van der Waals surface area contributed by atoms with Crippen LogP contribution in [0.5, 0.6) is 0 Å². The van der Waals surface area contributed by atoms with Gasteiger partial charge in [-0.3, -0.25) is 9.59 Å². The molecule has 0 radical (unpaired) electrons. The van der Waals surface area contributed by atoms with E-state index in [4.69, 9.17) is 0 Å². The molecule has 0 heterocycles. The van der Waals surface area contributed by atoms with Gasteiger partial charge in [-0.2, -0.15) is 0 Å². The normalized spacial score (nSPS) is 11.4. The van der Waals surface area contributed by atoms with Gasteiger partial charge in [-0.05, 0) is 18.1 Å². The maximum absolute atomic E-state index is 11.9. The van der Waals surface area contributed by atoms with E-state index in [0.717, 1.165) is 7.11 Å². The number of hydrogen-bond donors (Lipinski definition) is 0. The molecule has 0 saturated carbocycles. The van der Waals surface area contributed by atoms with Crippen molar-refractivity contribution < 1.29 is 22.7 Å². The molecule has 20 heavy (non-hydrogen) atoms. The van der Waals surface area contributed by atoms with Gasteiger partial charge in [0.25, 0.3) is 0 Å². The van der Waals surface area contributed by atoms with Crippen molar-refractivity contribution in [3.05, 3.63) is 29.8 Å². The molecule has 0 aliphatic carbocycles. The van der Waals surface area contributed by atoms with Crippen molar-refractivity contribution in [1.29, 1.82) is 0 Å². The zero-order valence-corrected chi connectivity index (χ0v) is 12.6. The fourth-order valence-electron chi connectivity index (χ4n) is 1.63. The molecule has 0 aromatic heterocycles. The van der Waals surface area contributed by atoms with Crippen LogP contribution in [0, 0.1) is 5.92 Å². The molecule has 0 saturated heterocycles. The molecule has 6 heteroatoms. The maximum atomic E-state index is 11.9. The Hall–Kier alpha value is -1.69. The van der Waals surface area contributed by atoms with Gasteiger partial charge in [-0.25, -0.2) is 8.42 Å². The molecule has 0 spiro atoms.